The van der Waals surface area contributed by atoms with Crippen LogP contribution in [0.1, 0.15) is 35.8 Å². The Kier molecular flexibility index (Phi) is 4.50. The second kappa shape index (κ2) is 7.23. The first-order valence-corrected chi connectivity index (χ1v) is 9.91. The summed E-state index contributed by atoms with van der Waals surface area (Å²) in [5.74, 6) is -0.148. The van der Waals surface area contributed by atoms with E-state index in [2.05, 4.69) is 5.32 Å². The number of allylic oxidation sites excluding steroid dienone is 1. The summed E-state index contributed by atoms with van der Waals surface area (Å²) in [6, 6.07) is 8.98. The van der Waals surface area contributed by atoms with Crippen molar-refractivity contribution in [3.8, 4) is 23.0 Å². The predicted molar refractivity (Wildman–Crippen MR) is 110 cm³/mol. The van der Waals surface area contributed by atoms with Crippen molar-refractivity contribution >= 4 is 17.4 Å². The number of carbonyl (C=O) groups is 2. The minimum atomic E-state index is -1.06. The van der Waals surface area contributed by atoms with E-state index in [1.54, 1.807) is 26.4 Å². The Bertz CT molecular complexity index is 1140. The summed E-state index contributed by atoms with van der Waals surface area (Å²) < 4.78 is 21.5. The molecule has 8 nitrogen and oxygen atoms in total. The first kappa shape index (κ1) is 19.3. The molecule has 0 bridgehead atoms. The van der Waals surface area contributed by atoms with Crippen LogP contribution in [-0.2, 0) is 9.59 Å². The molecule has 0 radical (unpaired) electrons. The maximum absolute atomic E-state index is 13.2. The number of methoxy groups -OCH3 is 2. The number of carboxylic acids is 1. The van der Waals surface area contributed by atoms with Crippen LogP contribution in [0.15, 0.2) is 41.6 Å². The molecule has 5 rings (SSSR count). The molecule has 2 aromatic carbocycles. The second-order valence-corrected chi connectivity index (χ2v) is 7.72. The SMILES string of the molecule is COc1ccc(C2CC(=O)C3=C(C2)Nc2cc4c(cc2C3C(=O)O)OCO4)cc1OC. The molecule has 1 aliphatic carbocycles. The quantitative estimate of drug-likeness (QED) is 0.771. The number of ether oxygens (including phenoxy) is 4. The Morgan fingerprint density at radius 1 is 1.06 bits per heavy atom. The van der Waals surface area contributed by atoms with Gasteiger partial charge in [0, 0.05) is 29.4 Å². The molecular formula is C23H21NO7. The summed E-state index contributed by atoms with van der Waals surface area (Å²) in [7, 11) is 3.13. The summed E-state index contributed by atoms with van der Waals surface area (Å²) in [5, 5.41) is 13.3. The highest BCUT2D eigenvalue weighted by Gasteiger charge is 2.42. The van der Waals surface area contributed by atoms with Gasteiger partial charge < -0.3 is 29.4 Å². The number of anilines is 1. The zero-order valence-corrected chi connectivity index (χ0v) is 17.1. The molecule has 2 atom stereocenters. The van der Waals surface area contributed by atoms with Gasteiger partial charge >= 0.3 is 5.97 Å². The molecule has 8 heteroatoms. The average molecular weight is 423 g/mol. The topological polar surface area (TPSA) is 103 Å². The highest BCUT2D eigenvalue weighted by Crippen LogP contribution is 2.49. The number of hydrogen-bond acceptors (Lipinski definition) is 7. The van der Waals surface area contributed by atoms with E-state index in [1.165, 1.54) is 0 Å². The van der Waals surface area contributed by atoms with Crippen molar-refractivity contribution in [1.29, 1.82) is 0 Å². The maximum Gasteiger partial charge on any atom is 0.315 e. The van der Waals surface area contributed by atoms with Gasteiger partial charge in [0.25, 0.3) is 0 Å². The fourth-order valence-corrected chi connectivity index (χ4v) is 4.61. The number of Topliss-reactive ketones (excluding diaryl/α,β-unsaturated/α-hetero) is 1. The van der Waals surface area contributed by atoms with Crippen LogP contribution in [0.4, 0.5) is 5.69 Å². The molecule has 0 saturated carbocycles. The van der Waals surface area contributed by atoms with Crippen LogP contribution in [0.25, 0.3) is 0 Å². The summed E-state index contributed by atoms with van der Waals surface area (Å²) in [4.78, 5) is 25.4. The summed E-state index contributed by atoms with van der Waals surface area (Å²) >= 11 is 0. The van der Waals surface area contributed by atoms with Crippen molar-refractivity contribution in [2.75, 3.05) is 26.3 Å². The number of carboxylic acid groups (broad SMARTS) is 1. The zero-order valence-electron chi connectivity index (χ0n) is 17.1. The lowest BCUT2D eigenvalue weighted by atomic mass is 9.74. The molecule has 3 aliphatic rings. The molecule has 0 saturated heterocycles. The fourth-order valence-electron chi connectivity index (χ4n) is 4.61. The largest absolute Gasteiger partial charge is 0.493 e. The van der Waals surface area contributed by atoms with Crippen molar-refractivity contribution < 1.29 is 33.6 Å². The normalized spacial score (nSPS) is 21.2. The van der Waals surface area contributed by atoms with E-state index in [0.717, 1.165) is 5.56 Å². The molecule has 0 fully saturated rings. The Labute approximate surface area is 178 Å². The smallest absolute Gasteiger partial charge is 0.315 e. The van der Waals surface area contributed by atoms with Crippen LogP contribution < -0.4 is 24.3 Å². The van der Waals surface area contributed by atoms with Crippen molar-refractivity contribution in [2.24, 2.45) is 0 Å². The second-order valence-electron chi connectivity index (χ2n) is 7.72. The van der Waals surface area contributed by atoms with Crippen LogP contribution in [0.3, 0.4) is 0 Å². The Morgan fingerprint density at radius 3 is 2.52 bits per heavy atom. The van der Waals surface area contributed by atoms with Gasteiger partial charge in [0.05, 0.1) is 14.2 Å². The number of benzene rings is 2. The number of ketones is 1. The molecule has 2 heterocycles. The summed E-state index contributed by atoms with van der Waals surface area (Å²) in [5.41, 5.74) is 3.01. The third-order valence-corrected chi connectivity index (χ3v) is 6.06. The number of aliphatic carboxylic acids is 1. The Balaban J connectivity index is 1.54. The number of rotatable bonds is 4. The van der Waals surface area contributed by atoms with E-state index in [4.69, 9.17) is 18.9 Å². The maximum atomic E-state index is 13.2. The van der Waals surface area contributed by atoms with Crippen molar-refractivity contribution in [2.45, 2.75) is 24.7 Å². The monoisotopic (exact) mass is 423 g/mol. The van der Waals surface area contributed by atoms with E-state index in [-0.39, 0.29) is 24.9 Å². The van der Waals surface area contributed by atoms with Crippen molar-refractivity contribution in [1.82, 2.24) is 0 Å². The minimum Gasteiger partial charge on any atom is -0.493 e. The molecular weight excluding hydrogens is 402 g/mol. The average Bonchev–Trinajstić information content (AvgIpc) is 3.22. The molecule has 2 aromatic rings. The van der Waals surface area contributed by atoms with Gasteiger partial charge in [-0.15, -0.1) is 0 Å². The highest BCUT2D eigenvalue weighted by atomic mass is 16.7. The number of hydrogen-bond donors (Lipinski definition) is 2. The Hall–Kier alpha value is -3.68. The van der Waals surface area contributed by atoms with Crippen LogP contribution in [0.2, 0.25) is 0 Å². The van der Waals surface area contributed by atoms with Crippen LogP contribution in [0, 0.1) is 0 Å². The van der Waals surface area contributed by atoms with Crippen LogP contribution in [-0.4, -0.2) is 37.9 Å². The van der Waals surface area contributed by atoms with Gasteiger partial charge in [0.1, 0.15) is 5.92 Å². The molecule has 160 valence electrons. The predicted octanol–water partition coefficient (Wildman–Crippen LogP) is 3.43. The number of nitrogens with one attached hydrogen (secondary N) is 1. The molecule has 31 heavy (non-hydrogen) atoms. The van der Waals surface area contributed by atoms with Gasteiger partial charge in [-0.25, -0.2) is 0 Å². The van der Waals surface area contributed by atoms with E-state index >= 15 is 0 Å². The molecule has 2 N–H and O–H groups in total. The molecule has 0 amide bonds. The first-order chi connectivity index (χ1) is 15.0. The Morgan fingerprint density at radius 2 is 1.81 bits per heavy atom. The lowest BCUT2D eigenvalue weighted by Crippen LogP contribution is -2.32. The lowest BCUT2D eigenvalue weighted by Gasteiger charge is -2.35. The molecule has 2 aliphatic heterocycles. The molecule has 0 aromatic heterocycles. The van der Waals surface area contributed by atoms with Gasteiger partial charge in [0.2, 0.25) is 6.79 Å². The van der Waals surface area contributed by atoms with Crippen LogP contribution in [0.5, 0.6) is 23.0 Å². The number of fused-ring (bicyclic) bond motifs is 2. The standard InChI is InChI=1S/C23H21NO7/c1-28-17-4-3-11(7-18(17)29-2)12-5-15-22(16(25)6-12)21(23(26)27)13-8-19-20(31-10-30-19)9-14(13)24-15/h3-4,7-9,12,21,24H,5-6,10H2,1-2H3,(H,26,27). The summed E-state index contributed by atoms with van der Waals surface area (Å²) in [6.45, 7) is 0.0867. The van der Waals surface area contributed by atoms with Gasteiger partial charge in [-0.2, -0.15) is 0 Å². The molecule has 2 unspecified atom stereocenters. The highest BCUT2D eigenvalue weighted by molar-refractivity contribution is 6.06. The lowest BCUT2D eigenvalue weighted by molar-refractivity contribution is -0.138. The van der Waals surface area contributed by atoms with Gasteiger partial charge in [-0.3, -0.25) is 9.59 Å². The molecule has 0 spiro atoms. The number of carbonyl (C=O) groups excluding carboxylic acids is 1. The van der Waals surface area contributed by atoms with Gasteiger partial charge in [-0.1, -0.05) is 6.07 Å². The van der Waals surface area contributed by atoms with Gasteiger partial charge in [0.15, 0.2) is 28.8 Å². The van der Waals surface area contributed by atoms with E-state index < -0.39 is 11.9 Å². The summed E-state index contributed by atoms with van der Waals surface area (Å²) in [6.07, 6.45) is 0.730. The zero-order chi connectivity index (χ0) is 21.7. The van der Waals surface area contributed by atoms with Crippen molar-refractivity contribution in [3.63, 3.8) is 0 Å². The van der Waals surface area contributed by atoms with Crippen LogP contribution >= 0.6 is 0 Å². The third kappa shape index (κ3) is 3.06. The van der Waals surface area contributed by atoms with E-state index in [1.807, 2.05) is 18.2 Å². The minimum absolute atomic E-state index is 0.0867. The van der Waals surface area contributed by atoms with Crippen molar-refractivity contribution in [3.05, 3.63) is 52.7 Å². The fraction of sp³-hybridized carbons (Fsp3) is 0.304. The van der Waals surface area contributed by atoms with Gasteiger partial charge in [-0.05, 0) is 41.7 Å². The van der Waals surface area contributed by atoms with E-state index in [9.17, 15) is 14.7 Å². The third-order valence-electron chi connectivity index (χ3n) is 6.06. The van der Waals surface area contributed by atoms with E-state index in [0.29, 0.717) is 51.9 Å². The first-order valence-electron chi connectivity index (χ1n) is 9.91.